The predicted octanol–water partition coefficient (Wildman–Crippen LogP) is 0.238. The van der Waals surface area contributed by atoms with Crippen molar-refractivity contribution in [3.63, 3.8) is 0 Å². The van der Waals surface area contributed by atoms with Gasteiger partial charge in [0, 0.05) is 11.8 Å². The average molecular weight is 131 g/mol. The van der Waals surface area contributed by atoms with Crippen LogP contribution in [-0.4, -0.2) is 23.5 Å². The van der Waals surface area contributed by atoms with Gasteiger partial charge in [0.1, 0.15) is 0 Å². The van der Waals surface area contributed by atoms with E-state index in [1.54, 1.807) is 11.8 Å². The smallest absolute Gasteiger partial charge is 0.230 e. The maximum absolute atomic E-state index is 10.5. The van der Waals surface area contributed by atoms with Crippen molar-refractivity contribution in [2.75, 3.05) is 12.3 Å². The second-order valence-corrected chi connectivity index (χ2v) is 3.35. The molecule has 1 atom stereocenters. The zero-order valence-corrected chi connectivity index (χ0v) is 5.62. The standard InChI is InChI=1S/C5H9NOS/c1-4-2-6-5(7)3-8-4/h4H,2-3H2,1H3,(H,6,7). The highest BCUT2D eigenvalue weighted by Gasteiger charge is 2.12. The number of carbonyl (C=O) groups excluding carboxylic acids is 1. The third-order valence-electron chi connectivity index (χ3n) is 1.09. The molecule has 1 heterocycles. The fourth-order valence-corrected chi connectivity index (χ4v) is 1.32. The van der Waals surface area contributed by atoms with Crippen LogP contribution in [0.2, 0.25) is 0 Å². The summed E-state index contributed by atoms with van der Waals surface area (Å²) in [5.74, 6) is 0.814. The van der Waals surface area contributed by atoms with Gasteiger partial charge in [-0.1, -0.05) is 6.92 Å². The number of rotatable bonds is 0. The Morgan fingerprint density at radius 1 is 1.88 bits per heavy atom. The molecule has 0 aliphatic carbocycles. The Balaban J connectivity index is 2.29. The van der Waals surface area contributed by atoms with E-state index in [1.165, 1.54) is 0 Å². The molecule has 0 aromatic heterocycles. The first-order chi connectivity index (χ1) is 3.79. The Morgan fingerprint density at radius 3 is 3.00 bits per heavy atom. The van der Waals surface area contributed by atoms with Crippen LogP contribution in [0, 0.1) is 0 Å². The number of nitrogens with one attached hydrogen (secondary N) is 1. The van der Waals surface area contributed by atoms with E-state index in [2.05, 4.69) is 12.2 Å². The molecular weight excluding hydrogens is 122 g/mol. The van der Waals surface area contributed by atoms with Crippen LogP contribution in [0.5, 0.6) is 0 Å². The van der Waals surface area contributed by atoms with Gasteiger partial charge in [0.15, 0.2) is 0 Å². The van der Waals surface area contributed by atoms with Gasteiger partial charge >= 0.3 is 0 Å². The lowest BCUT2D eigenvalue weighted by Crippen LogP contribution is -2.36. The summed E-state index contributed by atoms with van der Waals surface area (Å²) in [6.45, 7) is 2.95. The summed E-state index contributed by atoms with van der Waals surface area (Å²) < 4.78 is 0. The molecule has 8 heavy (non-hydrogen) atoms. The van der Waals surface area contributed by atoms with Crippen LogP contribution in [0.4, 0.5) is 0 Å². The Kier molecular flexibility index (Phi) is 1.78. The third-order valence-corrected chi connectivity index (χ3v) is 2.25. The van der Waals surface area contributed by atoms with E-state index in [0.717, 1.165) is 6.54 Å². The summed E-state index contributed by atoms with van der Waals surface area (Å²) in [5, 5.41) is 3.38. The van der Waals surface area contributed by atoms with Gasteiger partial charge in [-0.2, -0.15) is 0 Å². The topological polar surface area (TPSA) is 29.1 Å². The first kappa shape index (κ1) is 5.95. The molecule has 0 bridgehead atoms. The summed E-state index contributed by atoms with van der Waals surface area (Å²) in [4.78, 5) is 10.5. The zero-order chi connectivity index (χ0) is 5.98. The molecule has 1 unspecified atom stereocenters. The molecule has 3 heteroatoms. The first-order valence-corrected chi connectivity index (χ1v) is 3.72. The van der Waals surface area contributed by atoms with Crippen molar-refractivity contribution < 1.29 is 4.79 Å². The molecule has 0 spiro atoms. The van der Waals surface area contributed by atoms with Crippen molar-refractivity contribution in [2.45, 2.75) is 12.2 Å². The predicted molar refractivity (Wildman–Crippen MR) is 34.9 cm³/mol. The summed E-state index contributed by atoms with van der Waals surface area (Å²) >= 11 is 1.71. The minimum Gasteiger partial charge on any atom is -0.354 e. The maximum Gasteiger partial charge on any atom is 0.230 e. The number of hydrogen-bond donors (Lipinski definition) is 1. The van der Waals surface area contributed by atoms with Gasteiger partial charge in [-0.05, 0) is 0 Å². The van der Waals surface area contributed by atoms with Gasteiger partial charge < -0.3 is 5.32 Å². The molecule has 0 aromatic carbocycles. The number of amides is 1. The molecule has 0 radical (unpaired) electrons. The number of thioether (sulfide) groups is 1. The van der Waals surface area contributed by atoms with Crippen molar-refractivity contribution in [3.05, 3.63) is 0 Å². The third kappa shape index (κ3) is 1.40. The highest BCUT2D eigenvalue weighted by Crippen LogP contribution is 2.11. The fourth-order valence-electron chi connectivity index (χ4n) is 0.585. The zero-order valence-electron chi connectivity index (χ0n) is 4.81. The molecule has 0 aromatic rings. The minimum absolute atomic E-state index is 0.174. The SMILES string of the molecule is CC1CNC(=O)CS1. The van der Waals surface area contributed by atoms with Crippen molar-refractivity contribution in [1.82, 2.24) is 5.32 Å². The van der Waals surface area contributed by atoms with E-state index >= 15 is 0 Å². The molecule has 1 fully saturated rings. The molecule has 1 rings (SSSR count). The summed E-state index contributed by atoms with van der Waals surface area (Å²) in [7, 11) is 0. The van der Waals surface area contributed by atoms with Gasteiger partial charge in [0.05, 0.1) is 5.75 Å². The molecule has 0 saturated carbocycles. The molecule has 1 N–H and O–H groups in total. The van der Waals surface area contributed by atoms with Crippen LogP contribution in [0.25, 0.3) is 0 Å². The second-order valence-electron chi connectivity index (χ2n) is 1.93. The van der Waals surface area contributed by atoms with E-state index in [-0.39, 0.29) is 5.91 Å². The Hall–Kier alpha value is -0.180. The molecule has 2 nitrogen and oxygen atoms in total. The van der Waals surface area contributed by atoms with Crippen LogP contribution in [-0.2, 0) is 4.79 Å². The number of hydrogen-bond acceptors (Lipinski definition) is 2. The van der Waals surface area contributed by atoms with Crippen LogP contribution in [0.3, 0.4) is 0 Å². The highest BCUT2D eigenvalue weighted by molar-refractivity contribution is 8.00. The lowest BCUT2D eigenvalue weighted by Gasteiger charge is -2.16. The monoisotopic (exact) mass is 131 g/mol. The quantitative estimate of drug-likeness (QED) is 0.510. The maximum atomic E-state index is 10.5. The molecule has 1 amide bonds. The summed E-state index contributed by atoms with van der Waals surface area (Å²) in [5.41, 5.74) is 0. The van der Waals surface area contributed by atoms with Crippen LogP contribution >= 0.6 is 11.8 Å². The minimum atomic E-state index is 0.174. The highest BCUT2D eigenvalue weighted by atomic mass is 32.2. The number of carbonyl (C=O) groups is 1. The Labute approximate surface area is 53.0 Å². The normalized spacial score (nSPS) is 29.6. The van der Waals surface area contributed by atoms with Crippen molar-refractivity contribution >= 4 is 17.7 Å². The Bertz CT molecular complexity index is 94.6. The van der Waals surface area contributed by atoms with E-state index < -0.39 is 0 Å². The Morgan fingerprint density at radius 2 is 2.62 bits per heavy atom. The summed E-state index contributed by atoms with van der Waals surface area (Å²) in [6, 6.07) is 0. The lowest BCUT2D eigenvalue weighted by atomic mass is 10.4. The first-order valence-electron chi connectivity index (χ1n) is 2.67. The van der Waals surface area contributed by atoms with E-state index in [4.69, 9.17) is 0 Å². The van der Waals surface area contributed by atoms with Crippen molar-refractivity contribution in [1.29, 1.82) is 0 Å². The van der Waals surface area contributed by atoms with Crippen LogP contribution in [0.1, 0.15) is 6.92 Å². The van der Waals surface area contributed by atoms with Gasteiger partial charge in [0.2, 0.25) is 5.91 Å². The lowest BCUT2D eigenvalue weighted by molar-refractivity contribution is -0.118. The van der Waals surface area contributed by atoms with Gasteiger partial charge in [-0.15, -0.1) is 11.8 Å². The van der Waals surface area contributed by atoms with Gasteiger partial charge in [0.25, 0.3) is 0 Å². The molecule has 1 saturated heterocycles. The molecule has 46 valence electrons. The second kappa shape index (κ2) is 2.40. The molecule has 1 aliphatic rings. The van der Waals surface area contributed by atoms with Gasteiger partial charge in [-0.25, -0.2) is 0 Å². The molecular formula is C5H9NOS. The average Bonchev–Trinajstić information content (AvgIpc) is 1.77. The van der Waals surface area contributed by atoms with E-state index in [1.807, 2.05) is 0 Å². The van der Waals surface area contributed by atoms with Crippen LogP contribution < -0.4 is 5.32 Å². The van der Waals surface area contributed by atoms with E-state index in [9.17, 15) is 4.79 Å². The van der Waals surface area contributed by atoms with E-state index in [0.29, 0.717) is 11.0 Å². The van der Waals surface area contributed by atoms with Crippen LogP contribution in [0.15, 0.2) is 0 Å². The van der Waals surface area contributed by atoms with Gasteiger partial charge in [-0.3, -0.25) is 4.79 Å². The van der Waals surface area contributed by atoms with Crippen molar-refractivity contribution in [3.8, 4) is 0 Å². The molecule has 1 aliphatic heterocycles. The largest absolute Gasteiger partial charge is 0.354 e. The summed E-state index contributed by atoms with van der Waals surface area (Å²) in [6.07, 6.45) is 0. The fraction of sp³-hybridized carbons (Fsp3) is 0.800. The van der Waals surface area contributed by atoms with Crippen molar-refractivity contribution in [2.24, 2.45) is 0 Å².